The van der Waals surface area contributed by atoms with E-state index in [0.29, 0.717) is 38.1 Å². The summed E-state index contributed by atoms with van der Waals surface area (Å²) in [5.74, 6) is -0.376. The molecule has 6 heteroatoms. The van der Waals surface area contributed by atoms with Crippen LogP contribution in [-0.2, 0) is 6.54 Å². The van der Waals surface area contributed by atoms with Crippen molar-refractivity contribution in [1.82, 2.24) is 4.98 Å². The van der Waals surface area contributed by atoms with Crippen LogP contribution in [0.1, 0.15) is 5.56 Å². The van der Waals surface area contributed by atoms with E-state index in [0.717, 1.165) is 5.56 Å². The van der Waals surface area contributed by atoms with Crippen LogP contribution < -0.4 is 10.7 Å². The number of aromatic nitrogens is 1. The number of fused-ring (bicyclic) bond motifs is 4. The number of halogens is 2. The first-order chi connectivity index (χ1) is 14.1. The van der Waals surface area contributed by atoms with Gasteiger partial charge in [0.25, 0.3) is 0 Å². The molecule has 0 aliphatic heterocycles. The lowest BCUT2D eigenvalue weighted by Gasteiger charge is -2.12. The molecular weight excluding hydrogens is 390 g/mol. The monoisotopic (exact) mass is 404 g/mol. The van der Waals surface area contributed by atoms with Gasteiger partial charge in [-0.1, -0.05) is 30.3 Å². The second kappa shape index (κ2) is 6.90. The SMILES string of the molecule is O=c1c2cc(F)ccc2sc2c(NCc3ccccc3)nc3ccc(F)cc3c12. The standard InChI is InChI=1S/C23H14F2N2OS/c24-14-6-8-18-16(10-14)20-21(28)17-11-15(25)7-9-19(17)29-22(20)23(27-18)26-12-13-4-2-1-3-5-13/h1-11H,12H2,(H,26,27). The van der Waals surface area contributed by atoms with E-state index in [9.17, 15) is 13.6 Å². The Balaban J connectivity index is 1.81. The normalized spacial score (nSPS) is 11.4. The van der Waals surface area contributed by atoms with E-state index in [1.165, 1.54) is 35.6 Å². The Labute approximate surface area is 168 Å². The second-order valence-electron chi connectivity index (χ2n) is 6.74. The number of rotatable bonds is 3. The Morgan fingerprint density at radius 3 is 2.41 bits per heavy atom. The Morgan fingerprint density at radius 1 is 0.897 bits per heavy atom. The van der Waals surface area contributed by atoms with Gasteiger partial charge >= 0.3 is 0 Å². The number of nitrogens with one attached hydrogen (secondary N) is 1. The third kappa shape index (κ3) is 3.11. The van der Waals surface area contributed by atoms with Crippen LogP contribution in [0.3, 0.4) is 0 Å². The molecule has 3 aromatic carbocycles. The average Bonchev–Trinajstić information content (AvgIpc) is 2.73. The minimum absolute atomic E-state index is 0.285. The zero-order valence-electron chi connectivity index (χ0n) is 15.1. The van der Waals surface area contributed by atoms with Crippen molar-refractivity contribution in [2.75, 3.05) is 5.32 Å². The lowest BCUT2D eigenvalue weighted by atomic mass is 10.1. The lowest BCUT2D eigenvalue weighted by Crippen LogP contribution is -2.07. The van der Waals surface area contributed by atoms with Gasteiger partial charge < -0.3 is 5.32 Å². The van der Waals surface area contributed by atoms with E-state index in [4.69, 9.17) is 0 Å². The van der Waals surface area contributed by atoms with Gasteiger partial charge in [0.1, 0.15) is 17.5 Å². The molecule has 142 valence electrons. The smallest absolute Gasteiger partial charge is 0.196 e. The summed E-state index contributed by atoms with van der Waals surface area (Å²) in [6.45, 7) is 0.526. The molecule has 1 N–H and O–H groups in total. The molecule has 0 spiro atoms. The van der Waals surface area contributed by atoms with E-state index in [1.54, 1.807) is 12.1 Å². The van der Waals surface area contributed by atoms with Gasteiger partial charge in [0.05, 0.1) is 15.6 Å². The average molecular weight is 404 g/mol. The van der Waals surface area contributed by atoms with E-state index >= 15 is 0 Å². The predicted octanol–water partition coefficient (Wildman–Crippen LogP) is 5.85. The van der Waals surface area contributed by atoms with Gasteiger partial charge in [-0.3, -0.25) is 4.79 Å². The molecule has 3 nitrogen and oxygen atoms in total. The van der Waals surface area contributed by atoms with E-state index in [2.05, 4.69) is 10.3 Å². The Hall–Kier alpha value is -3.38. The van der Waals surface area contributed by atoms with Crippen LogP contribution in [0.4, 0.5) is 14.6 Å². The molecule has 0 radical (unpaired) electrons. The maximum absolute atomic E-state index is 13.9. The van der Waals surface area contributed by atoms with E-state index < -0.39 is 11.6 Å². The minimum Gasteiger partial charge on any atom is -0.365 e. The predicted molar refractivity (Wildman–Crippen MR) is 115 cm³/mol. The van der Waals surface area contributed by atoms with Crippen molar-refractivity contribution in [2.45, 2.75) is 6.54 Å². The Bertz CT molecular complexity index is 1450. The van der Waals surface area contributed by atoms with Crippen LogP contribution >= 0.6 is 11.3 Å². The van der Waals surface area contributed by atoms with Gasteiger partial charge in [0.2, 0.25) is 0 Å². The van der Waals surface area contributed by atoms with Crippen molar-refractivity contribution >= 4 is 48.2 Å². The summed E-state index contributed by atoms with van der Waals surface area (Å²) in [5, 5.41) is 4.38. The number of hydrogen-bond donors (Lipinski definition) is 1. The fourth-order valence-electron chi connectivity index (χ4n) is 3.46. The summed E-state index contributed by atoms with van der Waals surface area (Å²) in [5.41, 5.74) is 1.25. The van der Waals surface area contributed by atoms with Gasteiger partial charge in [0.15, 0.2) is 5.43 Å². The van der Waals surface area contributed by atoms with Crippen LogP contribution in [0.15, 0.2) is 71.5 Å². The molecule has 0 fully saturated rings. The summed E-state index contributed by atoms with van der Waals surface area (Å²) >= 11 is 1.34. The van der Waals surface area contributed by atoms with E-state index in [-0.39, 0.29) is 10.8 Å². The summed E-state index contributed by atoms with van der Waals surface area (Å²) in [4.78, 5) is 17.9. The molecule has 2 aromatic heterocycles. The maximum atomic E-state index is 13.9. The number of benzene rings is 3. The molecule has 0 atom stereocenters. The van der Waals surface area contributed by atoms with Crippen molar-refractivity contribution in [3.05, 3.63) is 94.2 Å². The highest BCUT2D eigenvalue weighted by atomic mass is 32.1. The second-order valence-corrected chi connectivity index (χ2v) is 7.79. The molecule has 0 bridgehead atoms. The molecule has 0 aliphatic rings. The highest BCUT2D eigenvalue weighted by Crippen LogP contribution is 2.34. The first kappa shape index (κ1) is 17.7. The van der Waals surface area contributed by atoms with Crippen molar-refractivity contribution in [3.63, 3.8) is 0 Å². The topological polar surface area (TPSA) is 42.0 Å². The van der Waals surface area contributed by atoms with Crippen LogP contribution in [0, 0.1) is 11.6 Å². The Kier molecular flexibility index (Phi) is 4.21. The van der Waals surface area contributed by atoms with Crippen molar-refractivity contribution < 1.29 is 8.78 Å². The molecule has 0 unspecified atom stereocenters. The highest BCUT2D eigenvalue weighted by molar-refractivity contribution is 7.25. The van der Waals surface area contributed by atoms with Crippen molar-refractivity contribution in [2.24, 2.45) is 0 Å². The molecule has 0 aliphatic carbocycles. The quantitative estimate of drug-likeness (QED) is 0.303. The van der Waals surface area contributed by atoms with Crippen molar-refractivity contribution in [1.29, 1.82) is 0 Å². The Morgan fingerprint density at radius 2 is 1.62 bits per heavy atom. The fourth-order valence-corrected chi connectivity index (χ4v) is 4.59. The van der Waals surface area contributed by atoms with Crippen molar-refractivity contribution in [3.8, 4) is 0 Å². The summed E-state index contributed by atoms with van der Waals surface area (Å²) < 4.78 is 29.0. The maximum Gasteiger partial charge on any atom is 0.196 e. The molecular formula is C23H14F2N2OS. The van der Waals surface area contributed by atoms with Gasteiger partial charge in [0, 0.05) is 22.0 Å². The first-order valence-electron chi connectivity index (χ1n) is 9.03. The van der Waals surface area contributed by atoms with Gasteiger partial charge in [-0.2, -0.15) is 0 Å². The highest BCUT2D eigenvalue weighted by Gasteiger charge is 2.16. The van der Waals surface area contributed by atoms with E-state index in [1.807, 2.05) is 30.3 Å². The van der Waals surface area contributed by atoms with Gasteiger partial charge in [-0.15, -0.1) is 11.3 Å². The summed E-state index contributed by atoms with van der Waals surface area (Å²) in [6, 6.07) is 18.2. The van der Waals surface area contributed by atoms with Crippen LogP contribution in [0.25, 0.3) is 31.1 Å². The zero-order chi connectivity index (χ0) is 20.0. The molecule has 0 amide bonds. The van der Waals surface area contributed by atoms with Gasteiger partial charge in [-0.25, -0.2) is 13.8 Å². The molecule has 0 saturated heterocycles. The van der Waals surface area contributed by atoms with Crippen LogP contribution in [-0.4, -0.2) is 4.98 Å². The zero-order valence-corrected chi connectivity index (χ0v) is 15.9. The molecule has 0 saturated carbocycles. The summed E-state index contributed by atoms with van der Waals surface area (Å²) in [7, 11) is 0. The molecule has 2 heterocycles. The van der Waals surface area contributed by atoms with Gasteiger partial charge in [-0.05, 0) is 42.0 Å². The minimum atomic E-state index is -0.479. The molecule has 5 rings (SSSR count). The number of pyridine rings is 1. The summed E-state index contributed by atoms with van der Waals surface area (Å²) in [6.07, 6.45) is 0. The fraction of sp³-hybridized carbons (Fsp3) is 0.0435. The lowest BCUT2D eigenvalue weighted by molar-refractivity contribution is 0.629. The van der Waals surface area contributed by atoms with Crippen LogP contribution in [0.2, 0.25) is 0 Å². The third-order valence-corrected chi connectivity index (χ3v) is 6.01. The molecule has 5 aromatic rings. The van der Waals surface area contributed by atoms with Crippen LogP contribution in [0.5, 0.6) is 0 Å². The third-order valence-electron chi connectivity index (χ3n) is 4.83. The largest absolute Gasteiger partial charge is 0.365 e. The number of hydrogen-bond acceptors (Lipinski definition) is 4. The first-order valence-corrected chi connectivity index (χ1v) is 9.85. The number of anilines is 1. The number of nitrogens with zero attached hydrogens (tertiary/aromatic N) is 1. The molecule has 29 heavy (non-hydrogen) atoms.